The second-order valence-corrected chi connectivity index (χ2v) is 17.8. The Bertz CT molecular complexity index is 2680. The lowest BCUT2D eigenvalue weighted by Gasteiger charge is -2.37. The molecule has 0 fully saturated rings. The summed E-state index contributed by atoms with van der Waals surface area (Å²) >= 11 is 12.5. The van der Waals surface area contributed by atoms with Gasteiger partial charge in [0.25, 0.3) is 0 Å². The number of carbonyl (C=O) groups is 2. The highest BCUT2D eigenvalue weighted by Gasteiger charge is 2.36. The van der Waals surface area contributed by atoms with E-state index in [9.17, 15) is 14.0 Å². The normalized spacial score (nSPS) is 16.9. The molecular formula is C53H53Cl2FN4O5. The average Bonchev–Trinajstić information content (AvgIpc) is 3.46. The number of rotatable bonds is 13. The van der Waals surface area contributed by atoms with Crippen LogP contribution in [0.5, 0.6) is 11.5 Å². The van der Waals surface area contributed by atoms with Crippen LogP contribution < -0.4 is 19.7 Å². The average molecular weight is 916 g/mol. The summed E-state index contributed by atoms with van der Waals surface area (Å²) in [6.07, 6.45) is 3.50. The predicted octanol–water partition coefficient (Wildman–Crippen LogP) is 11.1. The third-order valence-corrected chi connectivity index (χ3v) is 13.4. The van der Waals surface area contributed by atoms with E-state index in [1.54, 1.807) is 18.3 Å². The molecule has 1 aromatic heterocycles. The number of aryl methyl sites for hydroxylation is 1. The number of fused-ring (bicyclic) bond motifs is 2. The first-order chi connectivity index (χ1) is 31.4. The van der Waals surface area contributed by atoms with Crippen molar-refractivity contribution in [3.8, 4) is 22.6 Å². The maximum Gasteiger partial charge on any atom is 0.328 e. The number of pyridine rings is 1. The summed E-state index contributed by atoms with van der Waals surface area (Å²) in [6, 6.07) is 32.7. The quantitative estimate of drug-likeness (QED) is 0.115. The number of hydrogen-bond acceptors (Lipinski definition) is 8. The van der Waals surface area contributed by atoms with E-state index in [2.05, 4.69) is 60.4 Å². The van der Waals surface area contributed by atoms with E-state index in [1.807, 2.05) is 72.5 Å². The van der Waals surface area contributed by atoms with E-state index in [0.29, 0.717) is 29.6 Å². The summed E-state index contributed by atoms with van der Waals surface area (Å²) in [4.78, 5) is 36.4. The van der Waals surface area contributed by atoms with Crippen molar-refractivity contribution in [3.63, 3.8) is 0 Å². The molecule has 2 aliphatic heterocycles. The highest BCUT2D eigenvalue weighted by molar-refractivity contribution is 6.42. The van der Waals surface area contributed by atoms with Gasteiger partial charge in [-0.05, 0) is 131 Å². The zero-order valence-electron chi connectivity index (χ0n) is 37.2. The molecule has 9 nitrogen and oxygen atoms in total. The number of anilines is 1. The maximum atomic E-state index is 14.5. The summed E-state index contributed by atoms with van der Waals surface area (Å²) in [5.74, 6) is 0.291. The Morgan fingerprint density at radius 2 is 1.71 bits per heavy atom. The number of ether oxygens (including phenoxy) is 3. The van der Waals surface area contributed by atoms with Crippen molar-refractivity contribution in [1.82, 2.24) is 15.2 Å². The van der Waals surface area contributed by atoms with Gasteiger partial charge in [-0.1, -0.05) is 84.7 Å². The van der Waals surface area contributed by atoms with Crippen LogP contribution in [-0.4, -0.2) is 54.5 Å². The molecule has 3 heterocycles. The van der Waals surface area contributed by atoms with Gasteiger partial charge in [-0.3, -0.25) is 14.7 Å². The number of esters is 1. The van der Waals surface area contributed by atoms with Gasteiger partial charge in [0.1, 0.15) is 35.6 Å². The van der Waals surface area contributed by atoms with Gasteiger partial charge in [0.05, 0.1) is 28.9 Å². The fourth-order valence-corrected chi connectivity index (χ4v) is 9.17. The van der Waals surface area contributed by atoms with Crippen molar-refractivity contribution in [2.24, 2.45) is 0 Å². The number of methoxy groups -OCH3 is 1. The van der Waals surface area contributed by atoms with Gasteiger partial charge in [-0.25, -0.2) is 9.18 Å². The first kappa shape index (κ1) is 45.6. The first-order valence-electron chi connectivity index (χ1n) is 22.0. The molecule has 8 rings (SSSR count). The minimum absolute atomic E-state index is 0.187. The van der Waals surface area contributed by atoms with Crippen LogP contribution in [0.25, 0.3) is 11.1 Å². The van der Waals surface area contributed by atoms with Gasteiger partial charge in [0, 0.05) is 51.4 Å². The lowest BCUT2D eigenvalue weighted by molar-refractivity contribution is -0.145. The summed E-state index contributed by atoms with van der Waals surface area (Å²) in [7, 11) is 3.38. The van der Waals surface area contributed by atoms with E-state index >= 15 is 0 Å². The Hall–Kier alpha value is -5.94. The van der Waals surface area contributed by atoms with Crippen LogP contribution in [0.4, 0.5) is 10.1 Å². The Labute approximate surface area is 390 Å². The van der Waals surface area contributed by atoms with Crippen LogP contribution in [0.15, 0.2) is 115 Å². The van der Waals surface area contributed by atoms with Gasteiger partial charge >= 0.3 is 5.97 Å². The van der Waals surface area contributed by atoms with Gasteiger partial charge in [0.2, 0.25) is 5.91 Å². The van der Waals surface area contributed by atoms with Crippen LogP contribution in [0.1, 0.15) is 76.6 Å². The molecule has 0 saturated carbocycles. The second kappa shape index (κ2) is 20.1. The number of halogens is 3. The Morgan fingerprint density at radius 1 is 0.923 bits per heavy atom. The van der Waals surface area contributed by atoms with Crippen LogP contribution >= 0.6 is 23.2 Å². The van der Waals surface area contributed by atoms with Crippen molar-refractivity contribution < 1.29 is 28.2 Å². The molecule has 0 unspecified atom stereocenters. The molecule has 1 N–H and O–H groups in total. The number of hydrogen-bond donors (Lipinski definition) is 1. The summed E-state index contributed by atoms with van der Waals surface area (Å²) < 4.78 is 33.0. The second-order valence-electron chi connectivity index (χ2n) is 17.0. The molecule has 0 radical (unpaired) electrons. The molecule has 1 amide bonds. The number of carbonyl (C=O) groups excluding carboxylic acids is 2. The van der Waals surface area contributed by atoms with Crippen LogP contribution in [0.2, 0.25) is 10.0 Å². The standard InChI is InChI=1S/C53H53Cl2FN4O5/c1-6-49(38-16-19-44(54)45(55)26-38)64-42-17-14-37(15-18-42)50-21-23-59(4)47-27-39-28-48(60(31-40(39)29-51(47)65-50)30-35-8-7-9-41(56)24-35)52(61)58-46(53(62)63-5)25-34-10-12-36(13-11-34)43-20-22-57-33(3)32(43)2/h7-20,22,24,26-27,29,46,48-50H,6,21,23,25,28,30-31H2,1-5H3,(H,58,61)/t46-,48-,49+,50+/m0/s1. The monoisotopic (exact) mass is 914 g/mol. The summed E-state index contributed by atoms with van der Waals surface area (Å²) in [5, 5.41) is 4.05. The molecule has 336 valence electrons. The van der Waals surface area contributed by atoms with Crippen molar-refractivity contribution in [3.05, 3.63) is 176 Å². The minimum Gasteiger partial charge on any atom is -0.486 e. The van der Waals surface area contributed by atoms with Crippen LogP contribution in [0, 0.1) is 19.7 Å². The smallest absolute Gasteiger partial charge is 0.328 e. The molecule has 2 aliphatic rings. The fraction of sp³-hybridized carbons (Fsp3) is 0.302. The van der Waals surface area contributed by atoms with E-state index in [4.69, 9.17) is 37.4 Å². The van der Waals surface area contributed by atoms with Crippen molar-refractivity contribution in [1.29, 1.82) is 0 Å². The zero-order chi connectivity index (χ0) is 45.8. The number of amides is 1. The summed E-state index contributed by atoms with van der Waals surface area (Å²) in [6.45, 7) is 7.56. The van der Waals surface area contributed by atoms with Gasteiger partial charge in [0.15, 0.2) is 0 Å². The third kappa shape index (κ3) is 10.5. The first-order valence-corrected chi connectivity index (χ1v) is 22.8. The molecule has 0 bridgehead atoms. The Kier molecular flexibility index (Phi) is 14.1. The largest absolute Gasteiger partial charge is 0.486 e. The highest BCUT2D eigenvalue weighted by atomic mass is 35.5. The molecule has 0 spiro atoms. The number of benzene rings is 5. The lowest BCUT2D eigenvalue weighted by atomic mass is 9.91. The van der Waals surface area contributed by atoms with E-state index in [1.165, 1.54) is 19.2 Å². The predicted molar refractivity (Wildman–Crippen MR) is 254 cm³/mol. The van der Waals surface area contributed by atoms with Gasteiger partial charge < -0.3 is 24.4 Å². The van der Waals surface area contributed by atoms with Crippen LogP contribution in [0.3, 0.4) is 0 Å². The third-order valence-electron chi connectivity index (χ3n) is 12.7. The molecule has 65 heavy (non-hydrogen) atoms. The SMILES string of the molecule is CC[C@@H](Oc1ccc([C@H]2CCN(C)c3cc4c(cc3O2)CN(Cc2cccc(F)c2)[C@H](C(=O)N[C@@H](Cc2ccc(-c3ccnc(C)c3C)cc2)C(=O)OC)C4)cc1)c1ccc(Cl)c(Cl)c1. The molecule has 4 atom stereocenters. The van der Waals surface area contributed by atoms with Gasteiger partial charge in [-0.2, -0.15) is 0 Å². The van der Waals surface area contributed by atoms with Crippen molar-refractivity contribution >= 4 is 40.8 Å². The number of nitrogens with zero attached hydrogens (tertiary/aromatic N) is 3. The number of aromatic nitrogens is 1. The maximum absolute atomic E-state index is 14.5. The molecule has 6 aromatic rings. The topological polar surface area (TPSA) is 93.2 Å². The molecule has 12 heteroatoms. The molecule has 0 aliphatic carbocycles. The van der Waals surface area contributed by atoms with Gasteiger partial charge in [-0.15, -0.1) is 0 Å². The lowest BCUT2D eigenvalue weighted by Crippen LogP contribution is -2.54. The fourth-order valence-electron chi connectivity index (χ4n) is 8.86. The van der Waals surface area contributed by atoms with E-state index < -0.39 is 18.1 Å². The Morgan fingerprint density at radius 3 is 2.43 bits per heavy atom. The van der Waals surface area contributed by atoms with Crippen LogP contribution in [-0.2, 0) is 40.3 Å². The minimum atomic E-state index is -0.930. The molecule has 0 saturated heterocycles. The molecule has 5 aromatic carbocycles. The molecular weight excluding hydrogens is 863 g/mol. The summed E-state index contributed by atoms with van der Waals surface area (Å²) in [5.41, 5.74) is 10.7. The van der Waals surface area contributed by atoms with Crippen molar-refractivity contribution in [2.75, 3.05) is 25.6 Å². The van der Waals surface area contributed by atoms with E-state index in [0.717, 1.165) is 92.3 Å². The highest BCUT2D eigenvalue weighted by Crippen LogP contribution is 2.41. The number of nitrogens with one attached hydrogen (secondary N) is 1. The zero-order valence-corrected chi connectivity index (χ0v) is 38.8. The van der Waals surface area contributed by atoms with E-state index in [-0.39, 0.29) is 30.4 Å². The Balaban J connectivity index is 1.02. The van der Waals surface area contributed by atoms with Crippen molar-refractivity contribution in [2.45, 2.75) is 83.8 Å².